The predicted molar refractivity (Wildman–Crippen MR) is 81.6 cm³/mol. The molecule has 2 aromatic rings. The van der Waals surface area contributed by atoms with Gasteiger partial charge in [0.05, 0.1) is 19.9 Å². The smallest absolute Gasteiger partial charge is 0.161 e. The van der Waals surface area contributed by atoms with Gasteiger partial charge in [0.15, 0.2) is 11.5 Å². The summed E-state index contributed by atoms with van der Waals surface area (Å²) in [6.45, 7) is 3.10. The van der Waals surface area contributed by atoms with Crippen molar-refractivity contribution in [2.45, 2.75) is 13.3 Å². The lowest BCUT2D eigenvalue weighted by atomic mass is 10.1. The number of ether oxygens (including phenoxy) is 2. The second-order valence-corrected chi connectivity index (χ2v) is 4.43. The Balaban J connectivity index is 2.31. The van der Waals surface area contributed by atoms with E-state index in [1.54, 1.807) is 14.2 Å². The highest BCUT2D eigenvalue weighted by molar-refractivity contribution is 5.67. The molecule has 0 fully saturated rings. The molecule has 0 aliphatic heterocycles. The first kappa shape index (κ1) is 14.2. The zero-order chi connectivity index (χ0) is 14.4. The number of benzene rings is 1. The van der Waals surface area contributed by atoms with Gasteiger partial charge in [-0.2, -0.15) is 0 Å². The van der Waals surface area contributed by atoms with Gasteiger partial charge in [0.1, 0.15) is 0 Å². The van der Waals surface area contributed by atoms with Crippen molar-refractivity contribution in [3.05, 3.63) is 36.5 Å². The molecule has 0 saturated heterocycles. The highest BCUT2D eigenvalue weighted by Crippen LogP contribution is 2.32. The molecule has 0 radical (unpaired) electrons. The number of nitrogens with one attached hydrogen (secondary N) is 1. The normalized spacial score (nSPS) is 10.2. The standard InChI is InChI=1S/C16H20N2O2/c1-4-8-17-13-7-9-18-14(11-13)12-5-6-15(19-2)16(10-12)20-3/h5-7,9-11H,4,8H2,1-3H3,(H,17,18). The third-order valence-electron chi connectivity index (χ3n) is 3.02. The van der Waals surface area contributed by atoms with E-state index in [0.29, 0.717) is 5.75 Å². The Kier molecular flexibility index (Phi) is 4.82. The van der Waals surface area contributed by atoms with Crippen LogP contribution in [-0.4, -0.2) is 25.7 Å². The predicted octanol–water partition coefficient (Wildman–Crippen LogP) is 3.59. The zero-order valence-corrected chi connectivity index (χ0v) is 12.1. The zero-order valence-electron chi connectivity index (χ0n) is 12.1. The van der Waals surface area contributed by atoms with Crippen LogP contribution in [0.15, 0.2) is 36.5 Å². The Morgan fingerprint density at radius 2 is 1.85 bits per heavy atom. The quantitative estimate of drug-likeness (QED) is 0.872. The maximum absolute atomic E-state index is 5.33. The molecule has 0 unspecified atom stereocenters. The maximum atomic E-state index is 5.33. The summed E-state index contributed by atoms with van der Waals surface area (Å²) < 4.78 is 10.6. The lowest BCUT2D eigenvalue weighted by molar-refractivity contribution is 0.355. The van der Waals surface area contributed by atoms with Gasteiger partial charge in [0.25, 0.3) is 0 Å². The second kappa shape index (κ2) is 6.80. The molecule has 2 rings (SSSR count). The molecule has 0 saturated carbocycles. The molecule has 0 aliphatic rings. The van der Waals surface area contributed by atoms with Gasteiger partial charge in [-0.25, -0.2) is 0 Å². The molecular weight excluding hydrogens is 252 g/mol. The Labute approximate surface area is 119 Å². The van der Waals surface area contributed by atoms with Gasteiger partial charge in [-0.05, 0) is 36.8 Å². The number of hydrogen-bond donors (Lipinski definition) is 1. The fraction of sp³-hybridized carbons (Fsp3) is 0.312. The average Bonchev–Trinajstić information content (AvgIpc) is 2.52. The fourth-order valence-corrected chi connectivity index (χ4v) is 1.96. The van der Waals surface area contributed by atoms with E-state index in [4.69, 9.17) is 9.47 Å². The van der Waals surface area contributed by atoms with Gasteiger partial charge in [-0.15, -0.1) is 0 Å². The molecule has 0 bridgehead atoms. The SMILES string of the molecule is CCCNc1ccnc(-c2ccc(OC)c(OC)c2)c1. The van der Waals surface area contributed by atoms with Crippen molar-refractivity contribution in [1.29, 1.82) is 0 Å². The Hall–Kier alpha value is -2.23. The van der Waals surface area contributed by atoms with Crippen molar-refractivity contribution in [3.8, 4) is 22.8 Å². The van der Waals surface area contributed by atoms with Crippen LogP contribution in [0.25, 0.3) is 11.3 Å². The number of rotatable bonds is 6. The third-order valence-corrected chi connectivity index (χ3v) is 3.02. The highest BCUT2D eigenvalue weighted by Gasteiger charge is 2.07. The van der Waals surface area contributed by atoms with Crippen molar-refractivity contribution in [3.63, 3.8) is 0 Å². The summed E-state index contributed by atoms with van der Waals surface area (Å²) >= 11 is 0. The highest BCUT2D eigenvalue weighted by atomic mass is 16.5. The minimum Gasteiger partial charge on any atom is -0.493 e. The van der Waals surface area contributed by atoms with Gasteiger partial charge < -0.3 is 14.8 Å². The van der Waals surface area contributed by atoms with E-state index in [1.165, 1.54) is 0 Å². The van der Waals surface area contributed by atoms with Gasteiger partial charge in [0.2, 0.25) is 0 Å². The summed E-state index contributed by atoms with van der Waals surface area (Å²) in [7, 11) is 3.26. The van der Waals surface area contributed by atoms with Crippen LogP contribution < -0.4 is 14.8 Å². The molecule has 106 valence electrons. The van der Waals surface area contributed by atoms with E-state index in [9.17, 15) is 0 Å². The molecular formula is C16H20N2O2. The van der Waals surface area contributed by atoms with Crippen LogP contribution in [0.1, 0.15) is 13.3 Å². The summed E-state index contributed by atoms with van der Waals surface area (Å²) in [5, 5.41) is 3.36. The van der Waals surface area contributed by atoms with Crippen LogP contribution in [0.5, 0.6) is 11.5 Å². The van der Waals surface area contributed by atoms with E-state index < -0.39 is 0 Å². The second-order valence-electron chi connectivity index (χ2n) is 4.43. The number of methoxy groups -OCH3 is 2. The van der Waals surface area contributed by atoms with Crippen molar-refractivity contribution >= 4 is 5.69 Å². The first-order chi connectivity index (χ1) is 9.78. The minimum absolute atomic E-state index is 0.707. The molecule has 0 spiro atoms. The summed E-state index contributed by atoms with van der Waals surface area (Å²) in [4.78, 5) is 4.41. The largest absolute Gasteiger partial charge is 0.493 e. The maximum Gasteiger partial charge on any atom is 0.161 e. The van der Waals surface area contributed by atoms with E-state index in [1.807, 2.05) is 36.5 Å². The number of nitrogens with zero attached hydrogens (tertiary/aromatic N) is 1. The Bertz CT molecular complexity index is 570. The molecule has 20 heavy (non-hydrogen) atoms. The molecule has 4 heteroatoms. The van der Waals surface area contributed by atoms with Crippen LogP contribution in [0, 0.1) is 0 Å². The molecule has 1 heterocycles. The summed E-state index contributed by atoms with van der Waals surface area (Å²) in [6.07, 6.45) is 2.90. The number of hydrogen-bond acceptors (Lipinski definition) is 4. The average molecular weight is 272 g/mol. The molecule has 0 aliphatic carbocycles. The Morgan fingerprint density at radius 1 is 1.05 bits per heavy atom. The van der Waals surface area contributed by atoms with Gasteiger partial charge >= 0.3 is 0 Å². The van der Waals surface area contributed by atoms with Crippen LogP contribution >= 0.6 is 0 Å². The molecule has 1 aromatic carbocycles. The van der Waals surface area contributed by atoms with E-state index in [2.05, 4.69) is 17.2 Å². The van der Waals surface area contributed by atoms with Crippen LogP contribution in [0.2, 0.25) is 0 Å². The van der Waals surface area contributed by atoms with Crippen LogP contribution in [0.4, 0.5) is 5.69 Å². The fourth-order valence-electron chi connectivity index (χ4n) is 1.96. The lowest BCUT2D eigenvalue weighted by Crippen LogP contribution is -2.00. The van der Waals surface area contributed by atoms with Crippen LogP contribution in [0.3, 0.4) is 0 Å². The number of aromatic nitrogens is 1. The first-order valence-corrected chi connectivity index (χ1v) is 6.70. The summed E-state index contributed by atoms with van der Waals surface area (Å²) in [6, 6.07) is 9.82. The lowest BCUT2D eigenvalue weighted by Gasteiger charge is -2.10. The van der Waals surface area contributed by atoms with Crippen molar-refractivity contribution in [2.24, 2.45) is 0 Å². The van der Waals surface area contributed by atoms with E-state index in [0.717, 1.165) is 35.7 Å². The molecule has 1 N–H and O–H groups in total. The van der Waals surface area contributed by atoms with Gasteiger partial charge in [-0.1, -0.05) is 6.92 Å². The topological polar surface area (TPSA) is 43.4 Å². The van der Waals surface area contributed by atoms with Crippen molar-refractivity contribution in [2.75, 3.05) is 26.1 Å². The molecule has 1 aromatic heterocycles. The summed E-state index contributed by atoms with van der Waals surface area (Å²) in [5.41, 5.74) is 2.99. The Morgan fingerprint density at radius 3 is 2.55 bits per heavy atom. The number of pyridine rings is 1. The van der Waals surface area contributed by atoms with E-state index in [-0.39, 0.29) is 0 Å². The third kappa shape index (κ3) is 3.20. The van der Waals surface area contributed by atoms with Gasteiger partial charge in [-0.3, -0.25) is 4.98 Å². The van der Waals surface area contributed by atoms with Crippen molar-refractivity contribution < 1.29 is 9.47 Å². The van der Waals surface area contributed by atoms with Crippen molar-refractivity contribution in [1.82, 2.24) is 4.98 Å². The molecule has 0 amide bonds. The molecule has 0 atom stereocenters. The number of anilines is 1. The monoisotopic (exact) mass is 272 g/mol. The van der Waals surface area contributed by atoms with E-state index >= 15 is 0 Å². The first-order valence-electron chi connectivity index (χ1n) is 6.70. The van der Waals surface area contributed by atoms with Gasteiger partial charge in [0, 0.05) is 24.0 Å². The summed E-state index contributed by atoms with van der Waals surface area (Å²) in [5.74, 6) is 1.43. The molecule has 4 nitrogen and oxygen atoms in total. The minimum atomic E-state index is 0.707. The van der Waals surface area contributed by atoms with Crippen LogP contribution in [-0.2, 0) is 0 Å².